The lowest BCUT2D eigenvalue weighted by Gasteiger charge is -2.29. The van der Waals surface area contributed by atoms with E-state index in [-0.39, 0.29) is 28.9 Å². The Balaban J connectivity index is 1.91. The number of aliphatic hydroxyl groups excluding tert-OH is 1. The molecule has 1 aromatic carbocycles. The number of benzene rings is 1. The number of piperidine rings is 1. The van der Waals surface area contributed by atoms with E-state index in [1.54, 1.807) is 17.9 Å². The summed E-state index contributed by atoms with van der Waals surface area (Å²) in [6.07, 6.45) is 0.911. The van der Waals surface area contributed by atoms with Gasteiger partial charge in [-0.15, -0.1) is 5.10 Å². The van der Waals surface area contributed by atoms with E-state index in [4.69, 9.17) is 11.6 Å². The molecule has 0 aliphatic carbocycles. The number of halogens is 2. The number of rotatable bonds is 2. The number of β-amino-alcohol motifs (C(OH)–C–C–N with tert-alkyl or cyclic N) is 1. The van der Waals surface area contributed by atoms with Gasteiger partial charge in [0.25, 0.3) is 5.91 Å². The van der Waals surface area contributed by atoms with Crippen molar-refractivity contribution in [1.29, 1.82) is 0 Å². The number of likely N-dealkylation sites (tertiary alicyclic amines) is 1. The van der Waals surface area contributed by atoms with Crippen LogP contribution < -0.4 is 0 Å². The Hall–Kier alpha value is -1.99. The molecule has 0 bridgehead atoms. The van der Waals surface area contributed by atoms with Crippen LogP contribution in [0.3, 0.4) is 0 Å². The largest absolute Gasteiger partial charge is 0.391 e. The van der Waals surface area contributed by atoms with E-state index in [1.165, 1.54) is 16.8 Å². The molecule has 0 radical (unpaired) electrons. The van der Waals surface area contributed by atoms with Crippen molar-refractivity contribution in [3.05, 3.63) is 40.4 Å². The summed E-state index contributed by atoms with van der Waals surface area (Å²) in [5.74, 6) is -0.847. The number of hydrogen-bond donors (Lipinski definition) is 1. The number of aromatic nitrogens is 3. The molecule has 1 fully saturated rings. The van der Waals surface area contributed by atoms with Gasteiger partial charge in [-0.1, -0.05) is 16.8 Å². The van der Waals surface area contributed by atoms with Crippen molar-refractivity contribution in [3.8, 4) is 5.69 Å². The summed E-state index contributed by atoms with van der Waals surface area (Å²) < 4.78 is 15.3. The first kappa shape index (κ1) is 15.9. The molecule has 6 nitrogen and oxygen atoms in total. The Morgan fingerprint density at radius 2 is 2.26 bits per heavy atom. The average Bonchev–Trinajstić information content (AvgIpc) is 2.88. The lowest BCUT2D eigenvalue weighted by atomic mass is 10.1. The molecule has 2 heterocycles. The van der Waals surface area contributed by atoms with Crippen LogP contribution in [0.4, 0.5) is 4.39 Å². The van der Waals surface area contributed by atoms with Gasteiger partial charge >= 0.3 is 0 Å². The minimum Gasteiger partial charge on any atom is -0.391 e. The number of amides is 1. The maximum atomic E-state index is 14.0. The summed E-state index contributed by atoms with van der Waals surface area (Å²) in [5, 5.41) is 17.8. The molecule has 1 aromatic heterocycles. The van der Waals surface area contributed by atoms with Gasteiger partial charge in [0.05, 0.1) is 11.8 Å². The Bertz CT molecular complexity index is 749. The Morgan fingerprint density at radius 3 is 2.96 bits per heavy atom. The smallest absolute Gasteiger partial charge is 0.276 e. The second-order valence-corrected chi connectivity index (χ2v) is 6.01. The third-order valence-electron chi connectivity index (χ3n) is 3.92. The summed E-state index contributed by atoms with van der Waals surface area (Å²) in [6, 6.07) is 4.21. The van der Waals surface area contributed by atoms with E-state index < -0.39 is 11.9 Å². The third-order valence-corrected chi connectivity index (χ3v) is 4.15. The third kappa shape index (κ3) is 3.07. The van der Waals surface area contributed by atoms with E-state index in [0.29, 0.717) is 18.7 Å². The summed E-state index contributed by atoms with van der Waals surface area (Å²) >= 11 is 5.75. The van der Waals surface area contributed by atoms with Gasteiger partial charge in [0, 0.05) is 18.1 Å². The van der Waals surface area contributed by atoms with Crippen LogP contribution in [0.15, 0.2) is 18.2 Å². The molecule has 1 saturated heterocycles. The van der Waals surface area contributed by atoms with Crippen molar-refractivity contribution in [1.82, 2.24) is 19.9 Å². The molecule has 8 heteroatoms. The number of aliphatic hydroxyl groups is 1. The fraction of sp³-hybridized carbons (Fsp3) is 0.400. The summed E-state index contributed by atoms with van der Waals surface area (Å²) in [7, 11) is 0. The van der Waals surface area contributed by atoms with E-state index in [2.05, 4.69) is 10.3 Å². The Morgan fingerprint density at radius 1 is 1.48 bits per heavy atom. The number of carbonyl (C=O) groups excluding carboxylic acids is 1. The highest BCUT2D eigenvalue weighted by Crippen LogP contribution is 2.21. The highest BCUT2D eigenvalue weighted by molar-refractivity contribution is 6.30. The van der Waals surface area contributed by atoms with E-state index in [9.17, 15) is 14.3 Å². The second-order valence-electron chi connectivity index (χ2n) is 5.58. The van der Waals surface area contributed by atoms with E-state index in [1.807, 2.05) is 0 Å². The molecule has 1 unspecified atom stereocenters. The molecule has 23 heavy (non-hydrogen) atoms. The lowest BCUT2D eigenvalue weighted by Crippen LogP contribution is -2.42. The van der Waals surface area contributed by atoms with Crippen LogP contribution in [0.2, 0.25) is 5.02 Å². The van der Waals surface area contributed by atoms with Crippen molar-refractivity contribution in [2.75, 3.05) is 13.1 Å². The zero-order valence-corrected chi connectivity index (χ0v) is 13.3. The minimum atomic E-state index is -0.544. The topological polar surface area (TPSA) is 71.2 Å². The zero-order valence-electron chi connectivity index (χ0n) is 12.5. The van der Waals surface area contributed by atoms with Gasteiger partial charge in [-0.2, -0.15) is 0 Å². The second kappa shape index (κ2) is 6.25. The first-order valence-corrected chi connectivity index (χ1v) is 7.70. The molecule has 0 saturated carbocycles. The normalized spacial score (nSPS) is 18.3. The predicted molar refractivity (Wildman–Crippen MR) is 82.2 cm³/mol. The zero-order chi connectivity index (χ0) is 16.6. The maximum Gasteiger partial charge on any atom is 0.276 e. The molecular formula is C15H16ClFN4O2. The van der Waals surface area contributed by atoms with Gasteiger partial charge in [-0.25, -0.2) is 9.07 Å². The van der Waals surface area contributed by atoms with Crippen LogP contribution in [-0.4, -0.2) is 50.1 Å². The average molecular weight is 339 g/mol. The van der Waals surface area contributed by atoms with E-state index in [0.717, 1.165) is 6.42 Å². The van der Waals surface area contributed by atoms with Crippen LogP contribution in [-0.2, 0) is 0 Å². The molecule has 1 N–H and O–H groups in total. The van der Waals surface area contributed by atoms with Gasteiger partial charge in [-0.05, 0) is 38.0 Å². The molecular weight excluding hydrogens is 323 g/mol. The summed E-state index contributed by atoms with van der Waals surface area (Å²) in [5.41, 5.74) is 0.780. The number of carbonyl (C=O) groups is 1. The van der Waals surface area contributed by atoms with Crippen molar-refractivity contribution in [2.45, 2.75) is 25.9 Å². The van der Waals surface area contributed by atoms with E-state index >= 15 is 0 Å². The van der Waals surface area contributed by atoms with Gasteiger partial charge in [0.1, 0.15) is 11.5 Å². The van der Waals surface area contributed by atoms with Gasteiger partial charge in [-0.3, -0.25) is 4.79 Å². The molecule has 122 valence electrons. The van der Waals surface area contributed by atoms with Gasteiger partial charge < -0.3 is 10.0 Å². The van der Waals surface area contributed by atoms with Crippen molar-refractivity contribution in [2.24, 2.45) is 0 Å². The van der Waals surface area contributed by atoms with Crippen LogP contribution in [0.1, 0.15) is 29.0 Å². The quantitative estimate of drug-likeness (QED) is 0.908. The Kier molecular flexibility index (Phi) is 4.32. The van der Waals surface area contributed by atoms with Crippen molar-refractivity contribution in [3.63, 3.8) is 0 Å². The van der Waals surface area contributed by atoms with Gasteiger partial charge in [0.2, 0.25) is 0 Å². The SMILES string of the molecule is Cc1c(C(=O)N2CCCC(O)C2)nnn1-c1ccc(Cl)cc1F. The molecule has 0 spiro atoms. The highest BCUT2D eigenvalue weighted by atomic mass is 35.5. The van der Waals surface area contributed by atoms with Crippen LogP contribution in [0.25, 0.3) is 5.69 Å². The first-order valence-electron chi connectivity index (χ1n) is 7.32. The first-order chi connectivity index (χ1) is 11.0. The van der Waals surface area contributed by atoms with Crippen molar-refractivity contribution >= 4 is 17.5 Å². The number of hydrogen-bond acceptors (Lipinski definition) is 4. The molecule has 1 aliphatic rings. The lowest BCUT2D eigenvalue weighted by molar-refractivity contribution is 0.0468. The van der Waals surface area contributed by atoms with Gasteiger partial charge in [0.15, 0.2) is 5.69 Å². The summed E-state index contributed by atoms with van der Waals surface area (Å²) in [4.78, 5) is 14.1. The predicted octanol–water partition coefficient (Wildman–Crippen LogP) is 1.97. The Labute approximate surface area is 137 Å². The monoisotopic (exact) mass is 338 g/mol. The van der Waals surface area contributed by atoms with Crippen LogP contribution in [0, 0.1) is 12.7 Å². The highest BCUT2D eigenvalue weighted by Gasteiger charge is 2.27. The standard InChI is InChI=1S/C15H16ClFN4O2/c1-9-14(15(23)20-6-2-3-11(22)8-20)18-19-21(9)13-5-4-10(16)7-12(13)17/h4-5,7,11,22H,2-3,6,8H2,1H3. The fourth-order valence-corrected chi connectivity index (χ4v) is 2.86. The fourth-order valence-electron chi connectivity index (χ4n) is 2.70. The summed E-state index contributed by atoms with van der Waals surface area (Å²) in [6.45, 7) is 2.50. The van der Waals surface area contributed by atoms with Crippen LogP contribution >= 0.6 is 11.6 Å². The van der Waals surface area contributed by atoms with Crippen LogP contribution in [0.5, 0.6) is 0 Å². The molecule has 1 aliphatic heterocycles. The molecule has 1 amide bonds. The maximum absolute atomic E-state index is 14.0. The number of nitrogens with zero attached hydrogens (tertiary/aromatic N) is 4. The van der Waals surface area contributed by atoms with Crippen molar-refractivity contribution < 1.29 is 14.3 Å². The molecule has 3 rings (SSSR count). The minimum absolute atomic E-state index is 0.161. The molecule has 2 aromatic rings. The molecule has 1 atom stereocenters.